The minimum absolute atomic E-state index is 0.253. The normalized spacial score (nSPS) is 29.8. The summed E-state index contributed by atoms with van der Waals surface area (Å²) in [6.45, 7) is 3.76. The molecule has 2 aliphatic rings. The highest BCUT2D eigenvalue weighted by Gasteiger charge is 2.31. The highest BCUT2D eigenvalue weighted by atomic mass is 16.5. The summed E-state index contributed by atoms with van der Waals surface area (Å²) in [5.41, 5.74) is 1.24. The van der Waals surface area contributed by atoms with Crippen LogP contribution in [0.1, 0.15) is 31.4 Å². The Balaban J connectivity index is 1.75. The van der Waals surface area contributed by atoms with Gasteiger partial charge >= 0.3 is 0 Å². The number of rotatable bonds is 2. The monoisotopic (exact) mass is 274 g/mol. The maximum absolute atomic E-state index is 11.6. The molecule has 3 unspecified atom stereocenters. The topological polar surface area (TPSA) is 41.6 Å². The zero-order chi connectivity index (χ0) is 14.1. The van der Waals surface area contributed by atoms with Crippen molar-refractivity contribution in [3.05, 3.63) is 29.8 Å². The van der Waals surface area contributed by atoms with E-state index in [4.69, 9.17) is 4.74 Å². The van der Waals surface area contributed by atoms with Crippen LogP contribution in [-0.4, -0.2) is 37.0 Å². The van der Waals surface area contributed by atoms with E-state index in [2.05, 4.69) is 24.4 Å². The van der Waals surface area contributed by atoms with E-state index in [1.54, 1.807) is 0 Å². The highest BCUT2D eigenvalue weighted by Crippen LogP contribution is 2.35. The molecule has 2 heterocycles. The second-order valence-corrected chi connectivity index (χ2v) is 5.98. The van der Waals surface area contributed by atoms with Gasteiger partial charge in [-0.3, -0.25) is 4.79 Å². The Hall–Kier alpha value is -1.55. The highest BCUT2D eigenvalue weighted by molar-refractivity contribution is 5.76. The van der Waals surface area contributed by atoms with Crippen LogP contribution in [0.2, 0.25) is 0 Å². The Morgan fingerprint density at radius 3 is 2.95 bits per heavy atom. The predicted octanol–water partition coefficient (Wildman–Crippen LogP) is 1.97. The van der Waals surface area contributed by atoms with E-state index in [9.17, 15) is 4.79 Å². The molecular weight excluding hydrogens is 252 g/mol. The molecule has 0 radical (unpaired) electrons. The van der Waals surface area contributed by atoms with Gasteiger partial charge in [0.05, 0.1) is 6.61 Å². The van der Waals surface area contributed by atoms with Gasteiger partial charge in [-0.05, 0) is 12.5 Å². The Bertz CT molecular complexity index is 503. The number of likely N-dealkylation sites (N-methyl/N-ethyl adjacent to an activating group) is 1. The quantitative estimate of drug-likeness (QED) is 0.896. The molecule has 4 nitrogen and oxygen atoms in total. The molecule has 0 aliphatic carbocycles. The third-order valence-corrected chi connectivity index (χ3v) is 4.37. The van der Waals surface area contributed by atoms with Crippen LogP contribution in [0, 0.1) is 5.92 Å². The van der Waals surface area contributed by atoms with Crippen LogP contribution in [-0.2, 0) is 4.79 Å². The number of hydrogen-bond donors (Lipinski definition) is 1. The summed E-state index contributed by atoms with van der Waals surface area (Å²) in [5.74, 6) is 1.68. The van der Waals surface area contributed by atoms with Crippen LogP contribution in [0.4, 0.5) is 0 Å². The lowest BCUT2D eigenvalue weighted by Crippen LogP contribution is -2.49. The number of hydrogen-bond acceptors (Lipinski definition) is 3. The van der Waals surface area contributed by atoms with Crippen molar-refractivity contribution in [2.75, 3.05) is 20.2 Å². The van der Waals surface area contributed by atoms with Gasteiger partial charge in [0.2, 0.25) is 5.91 Å². The smallest absolute Gasteiger partial charge is 0.222 e. The van der Waals surface area contributed by atoms with Crippen molar-refractivity contribution in [2.24, 2.45) is 5.92 Å². The number of nitrogens with zero attached hydrogens (tertiary/aromatic N) is 1. The number of piperidine rings is 1. The summed E-state index contributed by atoms with van der Waals surface area (Å²) in [6, 6.07) is 8.93. The fourth-order valence-corrected chi connectivity index (χ4v) is 3.15. The average Bonchev–Trinajstić information content (AvgIpc) is 2.46. The van der Waals surface area contributed by atoms with Crippen LogP contribution < -0.4 is 10.1 Å². The summed E-state index contributed by atoms with van der Waals surface area (Å²) in [4.78, 5) is 13.4. The number of carbonyl (C=O) groups excluding carboxylic acids is 1. The molecule has 3 atom stereocenters. The molecule has 0 bridgehead atoms. The molecule has 1 saturated heterocycles. The molecule has 2 aliphatic heterocycles. The van der Waals surface area contributed by atoms with Gasteiger partial charge in [0.15, 0.2) is 0 Å². The number of benzene rings is 1. The number of para-hydroxylation sites is 1. The van der Waals surface area contributed by atoms with Gasteiger partial charge in [-0.15, -0.1) is 0 Å². The van der Waals surface area contributed by atoms with Gasteiger partial charge < -0.3 is 15.0 Å². The Morgan fingerprint density at radius 1 is 1.35 bits per heavy atom. The molecule has 0 spiro atoms. The molecule has 20 heavy (non-hydrogen) atoms. The summed E-state index contributed by atoms with van der Waals surface area (Å²) >= 11 is 0. The van der Waals surface area contributed by atoms with Gasteiger partial charge in [0, 0.05) is 43.6 Å². The first-order valence-corrected chi connectivity index (χ1v) is 7.37. The SMILES string of the molecule is CC1COc2ccccc2C1NC1CCC(=O)N(C)C1. The van der Waals surface area contributed by atoms with Gasteiger partial charge in [-0.2, -0.15) is 0 Å². The van der Waals surface area contributed by atoms with Crippen LogP contribution in [0.3, 0.4) is 0 Å². The maximum atomic E-state index is 11.6. The second-order valence-electron chi connectivity index (χ2n) is 5.98. The molecule has 4 heteroatoms. The van der Waals surface area contributed by atoms with E-state index >= 15 is 0 Å². The first-order valence-electron chi connectivity index (χ1n) is 7.37. The zero-order valence-electron chi connectivity index (χ0n) is 12.1. The van der Waals surface area contributed by atoms with Crippen LogP contribution in [0.5, 0.6) is 5.75 Å². The van der Waals surface area contributed by atoms with E-state index in [1.807, 2.05) is 24.1 Å². The van der Waals surface area contributed by atoms with E-state index in [-0.39, 0.29) is 5.91 Å². The zero-order valence-corrected chi connectivity index (χ0v) is 12.1. The van der Waals surface area contributed by atoms with Gasteiger partial charge in [-0.25, -0.2) is 0 Å². The van der Waals surface area contributed by atoms with Crippen LogP contribution in [0.25, 0.3) is 0 Å². The first-order chi connectivity index (χ1) is 9.65. The lowest BCUT2D eigenvalue weighted by atomic mass is 9.90. The summed E-state index contributed by atoms with van der Waals surface area (Å²) in [5, 5.41) is 3.74. The average molecular weight is 274 g/mol. The van der Waals surface area contributed by atoms with E-state index in [0.29, 0.717) is 24.4 Å². The molecule has 1 fully saturated rings. The molecule has 1 amide bonds. The fraction of sp³-hybridized carbons (Fsp3) is 0.562. The number of amides is 1. The third-order valence-electron chi connectivity index (χ3n) is 4.37. The van der Waals surface area contributed by atoms with Gasteiger partial charge in [0.1, 0.15) is 5.75 Å². The molecule has 1 N–H and O–H groups in total. The third kappa shape index (κ3) is 2.52. The summed E-state index contributed by atoms with van der Waals surface area (Å²) in [6.07, 6.45) is 1.57. The van der Waals surface area contributed by atoms with Crippen molar-refractivity contribution in [3.8, 4) is 5.75 Å². The molecule has 108 valence electrons. The van der Waals surface area contributed by atoms with Crippen molar-refractivity contribution in [3.63, 3.8) is 0 Å². The molecule has 0 aromatic heterocycles. The first kappa shape index (κ1) is 13.4. The van der Waals surface area contributed by atoms with Gasteiger partial charge in [0.25, 0.3) is 0 Å². The second kappa shape index (κ2) is 5.44. The molecule has 0 saturated carbocycles. The van der Waals surface area contributed by atoms with E-state index in [0.717, 1.165) is 25.3 Å². The van der Waals surface area contributed by atoms with E-state index < -0.39 is 0 Å². The maximum Gasteiger partial charge on any atom is 0.222 e. The fourth-order valence-electron chi connectivity index (χ4n) is 3.15. The molecule has 1 aromatic carbocycles. The van der Waals surface area contributed by atoms with Crippen molar-refractivity contribution >= 4 is 5.91 Å². The lowest BCUT2D eigenvalue weighted by Gasteiger charge is -2.38. The molecule has 1 aromatic rings. The number of likely N-dealkylation sites (tertiary alicyclic amines) is 1. The number of nitrogens with one attached hydrogen (secondary N) is 1. The Morgan fingerprint density at radius 2 is 2.15 bits per heavy atom. The predicted molar refractivity (Wildman–Crippen MR) is 77.6 cm³/mol. The summed E-state index contributed by atoms with van der Waals surface area (Å²) in [7, 11) is 1.89. The van der Waals surface area contributed by atoms with Crippen molar-refractivity contribution in [1.82, 2.24) is 10.2 Å². The van der Waals surface area contributed by atoms with E-state index in [1.165, 1.54) is 5.56 Å². The van der Waals surface area contributed by atoms with Crippen LogP contribution >= 0.6 is 0 Å². The number of ether oxygens (including phenoxy) is 1. The Kier molecular flexibility index (Phi) is 3.66. The van der Waals surface area contributed by atoms with Crippen LogP contribution in [0.15, 0.2) is 24.3 Å². The van der Waals surface area contributed by atoms with Crippen molar-refractivity contribution in [1.29, 1.82) is 0 Å². The number of fused-ring (bicyclic) bond motifs is 1. The summed E-state index contributed by atoms with van der Waals surface area (Å²) < 4.78 is 5.79. The minimum Gasteiger partial charge on any atom is -0.493 e. The number of carbonyl (C=O) groups is 1. The largest absolute Gasteiger partial charge is 0.493 e. The molecular formula is C16H22N2O2. The standard InChI is InChI=1S/C16H22N2O2/c1-11-10-20-14-6-4-3-5-13(14)16(11)17-12-7-8-15(19)18(2)9-12/h3-6,11-12,16-17H,7-10H2,1-2H3. The lowest BCUT2D eigenvalue weighted by molar-refractivity contribution is -0.132. The van der Waals surface area contributed by atoms with Gasteiger partial charge in [-0.1, -0.05) is 25.1 Å². The van der Waals surface area contributed by atoms with Crippen molar-refractivity contribution in [2.45, 2.75) is 31.8 Å². The molecule has 3 rings (SSSR count). The minimum atomic E-state index is 0.253. The van der Waals surface area contributed by atoms with Crippen molar-refractivity contribution < 1.29 is 9.53 Å². The Labute approximate surface area is 120 Å².